The monoisotopic (exact) mass is 183 g/mol. The third-order valence-electron chi connectivity index (χ3n) is 2.75. The van der Waals surface area contributed by atoms with Gasteiger partial charge in [0, 0.05) is 5.92 Å². The molecule has 0 aromatic rings. The molecule has 0 bridgehead atoms. The number of nitrogens with one attached hydrogen (secondary N) is 1. The van der Waals surface area contributed by atoms with Crippen molar-refractivity contribution in [1.82, 2.24) is 5.32 Å². The maximum atomic E-state index is 11.4. The lowest BCUT2D eigenvalue weighted by atomic mass is 9.82. The summed E-state index contributed by atoms with van der Waals surface area (Å²) in [5.41, 5.74) is 0. The van der Waals surface area contributed by atoms with E-state index in [0.29, 0.717) is 0 Å². The summed E-state index contributed by atoms with van der Waals surface area (Å²) in [5.74, 6) is 0.963. The van der Waals surface area contributed by atoms with E-state index in [2.05, 4.69) is 12.2 Å². The minimum absolute atomic E-state index is 0.0546. The fraction of sp³-hybridized carbons (Fsp3) is 0.800. The van der Waals surface area contributed by atoms with Crippen LogP contribution < -0.4 is 5.32 Å². The van der Waals surface area contributed by atoms with Crippen LogP contribution in [-0.2, 0) is 9.59 Å². The van der Waals surface area contributed by atoms with Gasteiger partial charge in [-0.25, -0.2) is 0 Å². The first-order chi connectivity index (χ1) is 6.24. The first-order valence-electron chi connectivity index (χ1n) is 4.95. The minimum Gasteiger partial charge on any atom is -0.349 e. The number of rotatable bonds is 3. The van der Waals surface area contributed by atoms with Crippen LogP contribution in [0.1, 0.15) is 32.6 Å². The first-order valence-corrected chi connectivity index (χ1v) is 4.95. The molecule has 0 aromatic carbocycles. The van der Waals surface area contributed by atoms with Crippen molar-refractivity contribution in [2.45, 2.75) is 32.6 Å². The van der Waals surface area contributed by atoms with E-state index in [-0.39, 0.29) is 18.4 Å². The van der Waals surface area contributed by atoms with E-state index in [0.717, 1.165) is 37.9 Å². The highest BCUT2D eigenvalue weighted by molar-refractivity contribution is 5.80. The molecular formula is C10H17NO2. The third-order valence-corrected chi connectivity index (χ3v) is 2.75. The Morgan fingerprint density at radius 1 is 1.38 bits per heavy atom. The molecule has 0 spiro atoms. The van der Waals surface area contributed by atoms with E-state index < -0.39 is 0 Å². The lowest BCUT2D eigenvalue weighted by Gasteiger charge is -2.24. The molecule has 0 atom stereocenters. The molecule has 1 N–H and O–H groups in total. The zero-order valence-corrected chi connectivity index (χ0v) is 8.08. The minimum atomic E-state index is 0.0546. The Kier molecular flexibility index (Phi) is 3.93. The van der Waals surface area contributed by atoms with Crippen molar-refractivity contribution in [2.24, 2.45) is 11.8 Å². The van der Waals surface area contributed by atoms with Gasteiger partial charge in [-0.05, 0) is 31.6 Å². The van der Waals surface area contributed by atoms with Crippen LogP contribution in [0, 0.1) is 11.8 Å². The van der Waals surface area contributed by atoms with Gasteiger partial charge in [0.25, 0.3) is 0 Å². The van der Waals surface area contributed by atoms with E-state index in [1.54, 1.807) is 0 Å². The normalized spacial score (nSPS) is 28.1. The molecule has 0 unspecified atom stereocenters. The van der Waals surface area contributed by atoms with E-state index >= 15 is 0 Å². The van der Waals surface area contributed by atoms with Crippen LogP contribution in [0.5, 0.6) is 0 Å². The van der Waals surface area contributed by atoms with Crippen molar-refractivity contribution >= 4 is 12.2 Å². The molecule has 0 aromatic heterocycles. The second-order valence-corrected chi connectivity index (χ2v) is 3.87. The van der Waals surface area contributed by atoms with Gasteiger partial charge < -0.3 is 10.1 Å². The van der Waals surface area contributed by atoms with Crippen LogP contribution in [-0.4, -0.2) is 18.7 Å². The summed E-state index contributed by atoms with van der Waals surface area (Å²) < 4.78 is 0. The second-order valence-electron chi connectivity index (χ2n) is 3.87. The number of aldehydes is 1. The van der Waals surface area contributed by atoms with E-state index in [1.165, 1.54) is 0 Å². The average Bonchev–Trinajstić information content (AvgIpc) is 2.15. The predicted octanol–water partition coefficient (Wildman–Crippen LogP) is 1.13. The summed E-state index contributed by atoms with van der Waals surface area (Å²) >= 11 is 0. The number of carbonyl (C=O) groups excluding carboxylic acids is 2. The van der Waals surface area contributed by atoms with Crippen molar-refractivity contribution in [1.29, 1.82) is 0 Å². The summed E-state index contributed by atoms with van der Waals surface area (Å²) in [7, 11) is 0. The quantitative estimate of drug-likeness (QED) is 0.667. The van der Waals surface area contributed by atoms with Crippen molar-refractivity contribution in [3.05, 3.63) is 0 Å². The molecule has 1 aliphatic carbocycles. The fourth-order valence-corrected chi connectivity index (χ4v) is 1.81. The largest absolute Gasteiger partial charge is 0.349 e. The first kappa shape index (κ1) is 10.2. The van der Waals surface area contributed by atoms with Crippen molar-refractivity contribution in [3.8, 4) is 0 Å². The topological polar surface area (TPSA) is 46.2 Å². The van der Waals surface area contributed by atoms with Gasteiger partial charge >= 0.3 is 0 Å². The molecule has 0 radical (unpaired) electrons. The van der Waals surface area contributed by atoms with Gasteiger partial charge in [-0.1, -0.05) is 6.92 Å². The fourth-order valence-electron chi connectivity index (χ4n) is 1.81. The van der Waals surface area contributed by atoms with Gasteiger partial charge in [-0.2, -0.15) is 0 Å². The predicted molar refractivity (Wildman–Crippen MR) is 50.2 cm³/mol. The van der Waals surface area contributed by atoms with Crippen LogP contribution >= 0.6 is 0 Å². The number of hydrogen-bond acceptors (Lipinski definition) is 2. The number of carbonyl (C=O) groups is 2. The van der Waals surface area contributed by atoms with Crippen LogP contribution in [0.4, 0.5) is 0 Å². The standard InChI is InChI=1S/C10H17NO2/c1-8-2-4-9(5-3-8)10(13)11-6-7-12/h7-9H,2-6H2,1H3,(H,11,13). The third kappa shape index (κ3) is 3.17. The molecule has 0 saturated heterocycles. The summed E-state index contributed by atoms with van der Waals surface area (Å²) in [6.45, 7) is 2.38. The molecule has 0 heterocycles. The number of amides is 1. The Morgan fingerprint density at radius 2 is 2.00 bits per heavy atom. The Hall–Kier alpha value is -0.860. The highest BCUT2D eigenvalue weighted by atomic mass is 16.2. The molecule has 1 saturated carbocycles. The van der Waals surface area contributed by atoms with Crippen molar-refractivity contribution < 1.29 is 9.59 Å². The smallest absolute Gasteiger partial charge is 0.223 e. The van der Waals surface area contributed by atoms with Crippen LogP contribution in [0.3, 0.4) is 0 Å². The van der Waals surface area contributed by atoms with Crippen LogP contribution in [0.2, 0.25) is 0 Å². The summed E-state index contributed by atoms with van der Waals surface area (Å²) in [6.07, 6.45) is 4.96. The maximum absolute atomic E-state index is 11.4. The van der Waals surface area contributed by atoms with Crippen LogP contribution in [0.15, 0.2) is 0 Å². The molecule has 3 heteroatoms. The SMILES string of the molecule is CC1CCC(C(=O)NCC=O)CC1. The summed E-state index contributed by atoms with van der Waals surface area (Å²) in [5, 5.41) is 2.61. The average molecular weight is 183 g/mol. The Bertz CT molecular complexity index is 183. The van der Waals surface area contributed by atoms with Gasteiger partial charge in [0.1, 0.15) is 6.29 Å². The van der Waals surface area contributed by atoms with E-state index in [9.17, 15) is 9.59 Å². The summed E-state index contributed by atoms with van der Waals surface area (Å²) in [6, 6.07) is 0. The van der Waals surface area contributed by atoms with Gasteiger partial charge in [0.15, 0.2) is 0 Å². The molecule has 1 fully saturated rings. The maximum Gasteiger partial charge on any atom is 0.223 e. The second kappa shape index (κ2) is 5.00. The van der Waals surface area contributed by atoms with Gasteiger partial charge in [-0.15, -0.1) is 0 Å². The molecule has 1 rings (SSSR count). The summed E-state index contributed by atoms with van der Waals surface area (Å²) in [4.78, 5) is 21.4. The van der Waals surface area contributed by atoms with Crippen molar-refractivity contribution in [2.75, 3.05) is 6.54 Å². The number of hydrogen-bond donors (Lipinski definition) is 1. The molecular weight excluding hydrogens is 166 g/mol. The highest BCUT2D eigenvalue weighted by Gasteiger charge is 2.23. The molecule has 74 valence electrons. The van der Waals surface area contributed by atoms with Crippen LogP contribution in [0.25, 0.3) is 0 Å². The van der Waals surface area contributed by atoms with Gasteiger partial charge in [0.05, 0.1) is 6.54 Å². The Labute approximate surface area is 78.9 Å². The van der Waals surface area contributed by atoms with Gasteiger partial charge in [-0.3, -0.25) is 4.79 Å². The Morgan fingerprint density at radius 3 is 2.54 bits per heavy atom. The zero-order chi connectivity index (χ0) is 9.68. The van der Waals surface area contributed by atoms with E-state index in [1.807, 2.05) is 0 Å². The molecule has 1 aliphatic rings. The molecule has 0 aliphatic heterocycles. The Balaban J connectivity index is 2.27. The highest BCUT2D eigenvalue weighted by Crippen LogP contribution is 2.28. The van der Waals surface area contributed by atoms with E-state index in [4.69, 9.17) is 0 Å². The molecule has 13 heavy (non-hydrogen) atoms. The zero-order valence-electron chi connectivity index (χ0n) is 8.08. The van der Waals surface area contributed by atoms with Crippen molar-refractivity contribution in [3.63, 3.8) is 0 Å². The molecule has 1 amide bonds. The lowest BCUT2D eigenvalue weighted by molar-refractivity contribution is -0.127. The lowest BCUT2D eigenvalue weighted by Crippen LogP contribution is -2.33. The molecule has 3 nitrogen and oxygen atoms in total. The van der Waals surface area contributed by atoms with Gasteiger partial charge in [0.2, 0.25) is 5.91 Å².